The number of benzene rings is 1. The van der Waals surface area contributed by atoms with Crippen molar-refractivity contribution >= 4 is 16.7 Å². The summed E-state index contributed by atoms with van der Waals surface area (Å²) in [6, 6.07) is 12.7. The summed E-state index contributed by atoms with van der Waals surface area (Å²) in [4.78, 5) is 0. The molecule has 0 fully saturated rings. The first-order valence-corrected chi connectivity index (χ1v) is 6.80. The Morgan fingerprint density at radius 3 is 2.55 bits per heavy atom. The molecule has 0 radical (unpaired) electrons. The molecule has 0 saturated carbocycles. The van der Waals surface area contributed by atoms with Gasteiger partial charge < -0.3 is 9.88 Å². The first kappa shape index (κ1) is 12.7. The summed E-state index contributed by atoms with van der Waals surface area (Å²) in [6.07, 6.45) is 2.10. The molecule has 0 aliphatic rings. The maximum Gasteiger partial charge on any atom is 0.148 e. The highest BCUT2D eigenvalue weighted by Crippen LogP contribution is 2.28. The zero-order chi connectivity index (χ0) is 14.1. The van der Waals surface area contributed by atoms with Crippen LogP contribution in [-0.2, 0) is 7.05 Å². The second kappa shape index (κ2) is 4.96. The minimum atomic E-state index is 0.354. The molecule has 0 unspecified atom stereocenters. The summed E-state index contributed by atoms with van der Waals surface area (Å²) < 4.78 is 2.12. The molecule has 0 bridgehead atoms. The predicted octanol–water partition coefficient (Wildman–Crippen LogP) is 3.46. The topological polar surface area (TPSA) is 42.7 Å². The number of hydrogen-bond acceptors (Lipinski definition) is 3. The van der Waals surface area contributed by atoms with Crippen LogP contribution in [0.25, 0.3) is 22.2 Å². The first-order valence-electron chi connectivity index (χ1n) is 6.80. The molecule has 3 rings (SSSR count). The van der Waals surface area contributed by atoms with Crippen molar-refractivity contribution < 1.29 is 0 Å². The number of hydrogen-bond donors (Lipinski definition) is 1. The second-order valence-corrected chi connectivity index (χ2v) is 5.27. The molecule has 0 aliphatic carbocycles. The van der Waals surface area contributed by atoms with Crippen LogP contribution >= 0.6 is 0 Å². The van der Waals surface area contributed by atoms with Crippen molar-refractivity contribution in [2.24, 2.45) is 7.05 Å². The largest absolute Gasteiger partial charge is 0.366 e. The van der Waals surface area contributed by atoms with Crippen LogP contribution in [0.15, 0.2) is 42.6 Å². The van der Waals surface area contributed by atoms with Gasteiger partial charge in [-0.25, -0.2) is 0 Å². The van der Waals surface area contributed by atoms with Crippen LogP contribution in [0.3, 0.4) is 0 Å². The third kappa shape index (κ3) is 2.25. The average Bonchev–Trinajstić information content (AvgIpc) is 2.77. The molecule has 20 heavy (non-hydrogen) atoms. The highest BCUT2D eigenvalue weighted by molar-refractivity contribution is 5.95. The zero-order valence-corrected chi connectivity index (χ0v) is 12.0. The molecule has 0 aliphatic heterocycles. The maximum atomic E-state index is 4.34. The molecule has 3 aromatic rings. The lowest BCUT2D eigenvalue weighted by Gasteiger charge is -2.08. The van der Waals surface area contributed by atoms with Gasteiger partial charge in [-0.05, 0) is 32.0 Å². The average molecular weight is 266 g/mol. The van der Waals surface area contributed by atoms with Crippen LogP contribution in [-0.4, -0.2) is 20.8 Å². The van der Waals surface area contributed by atoms with Crippen LogP contribution in [0.5, 0.6) is 0 Å². The van der Waals surface area contributed by atoms with Crippen LogP contribution in [0.1, 0.15) is 13.8 Å². The van der Waals surface area contributed by atoms with E-state index < -0.39 is 0 Å². The lowest BCUT2D eigenvalue weighted by atomic mass is 10.1. The number of aromatic nitrogens is 3. The lowest BCUT2D eigenvalue weighted by Crippen LogP contribution is -2.11. The van der Waals surface area contributed by atoms with Gasteiger partial charge in [-0.1, -0.05) is 18.2 Å². The lowest BCUT2D eigenvalue weighted by molar-refractivity contribution is 0.874. The maximum absolute atomic E-state index is 4.34. The minimum Gasteiger partial charge on any atom is -0.366 e. The molecule has 102 valence electrons. The predicted molar refractivity (Wildman–Crippen MR) is 82.7 cm³/mol. The third-order valence-electron chi connectivity index (χ3n) is 3.27. The van der Waals surface area contributed by atoms with Gasteiger partial charge in [-0.3, -0.25) is 0 Å². The van der Waals surface area contributed by atoms with E-state index in [9.17, 15) is 0 Å². The molecule has 1 aromatic carbocycles. The summed E-state index contributed by atoms with van der Waals surface area (Å²) >= 11 is 0. The highest BCUT2D eigenvalue weighted by atomic mass is 15.2. The van der Waals surface area contributed by atoms with Crippen LogP contribution in [0.4, 0.5) is 5.82 Å². The monoisotopic (exact) mass is 266 g/mol. The second-order valence-electron chi connectivity index (χ2n) is 5.27. The number of nitrogens with zero attached hydrogens (tertiary/aromatic N) is 3. The Balaban J connectivity index is 2.03. The van der Waals surface area contributed by atoms with Crippen molar-refractivity contribution in [3.05, 3.63) is 42.6 Å². The molecule has 0 spiro atoms. The molecular formula is C16H18N4. The van der Waals surface area contributed by atoms with Crippen molar-refractivity contribution in [1.82, 2.24) is 14.8 Å². The van der Waals surface area contributed by atoms with E-state index in [2.05, 4.69) is 52.3 Å². The van der Waals surface area contributed by atoms with E-state index in [1.165, 1.54) is 10.9 Å². The summed E-state index contributed by atoms with van der Waals surface area (Å²) in [6.45, 7) is 4.17. The van der Waals surface area contributed by atoms with E-state index in [1.54, 1.807) is 0 Å². The highest BCUT2D eigenvalue weighted by Gasteiger charge is 2.09. The van der Waals surface area contributed by atoms with Crippen molar-refractivity contribution in [3.63, 3.8) is 0 Å². The smallest absolute Gasteiger partial charge is 0.148 e. The number of nitrogens with one attached hydrogen (secondary N) is 1. The molecule has 0 saturated heterocycles. The van der Waals surface area contributed by atoms with Gasteiger partial charge in [0.05, 0.1) is 5.69 Å². The molecule has 2 heterocycles. The Bertz CT molecular complexity index is 726. The Hall–Kier alpha value is -2.36. The number of fused-ring (bicyclic) bond motifs is 1. The summed E-state index contributed by atoms with van der Waals surface area (Å²) in [7, 11) is 2.05. The van der Waals surface area contributed by atoms with Gasteiger partial charge in [0, 0.05) is 35.8 Å². The van der Waals surface area contributed by atoms with Gasteiger partial charge in [0.25, 0.3) is 0 Å². The van der Waals surface area contributed by atoms with Crippen molar-refractivity contribution in [1.29, 1.82) is 0 Å². The number of para-hydroxylation sites is 1. The SMILES string of the molecule is CC(C)Nc1ccc(-c2cn(C)c3ccccc23)nn1. The molecule has 0 amide bonds. The summed E-state index contributed by atoms with van der Waals surface area (Å²) in [5.74, 6) is 0.809. The van der Waals surface area contributed by atoms with Gasteiger partial charge in [0.1, 0.15) is 5.82 Å². The van der Waals surface area contributed by atoms with Gasteiger partial charge in [-0.15, -0.1) is 10.2 Å². The minimum absolute atomic E-state index is 0.354. The van der Waals surface area contributed by atoms with E-state index in [4.69, 9.17) is 0 Å². The first-order chi connectivity index (χ1) is 9.65. The number of rotatable bonds is 3. The van der Waals surface area contributed by atoms with E-state index >= 15 is 0 Å². The van der Waals surface area contributed by atoms with Crippen LogP contribution < -0.4 is 5.32 Å². The fourth-order valence-electron chi connectivity index (χ4n) is 2.39. The van der Waals surface area contributed by atoms with Crippen molar-refractivity contribution in [2.75, 3.05) is 5.32 Å². The standard InChI is InChI=1S/C16H18N4/c1-11(2)17-16-9-8-14(18-19-16)13-10-20(3)15-7-5-4-6-12(13)15/h4-11H,1-3H3,(H,17,19). The fourth-order valence-corrected chi connectivity index (χ4v) is 2.39. The Labute approximate surface area is 118 Å². The van der Waals surface area contributed by atoms with Gasteiger partial charge in [-0.2, -0.15) is 0 Å². The Morgan fingerprint density at radius 1 is 1.05 bits per heavy atom. The molecular weight excluding hydrogens is 248 g/mol. The Kier molecular flexibility index (Phi) is 3.14. The summed E-state index contributed by atoms with van der Waals surface area (Å²) in [5, 5.41) is 13.0. The van der Waals surface area contributed by atoms with Crippen molar-refractivity contribution in [3.8, 4) is 11.3 Å². The number of anilines is 1. The molecule has 4 heteroatoms. The van der Waals surface area contributed by atoms with Gasteiger partial charge in [0.2, 0.25) is 0 Å². The quantitative estimate of drug-likeness (QED) is 0.789. The van der Waals surface area contributed by atoms with Crippen molar-refractivity contribution in [2.45, 2.75) is 19.9 Å². The van der Waals surface area contributed by atoms with E-state index in [1.807, 2.05) is 31.3 Å². The van der Waals surface area contributed by atoms with Crippen LogP contribution in [0, 0.1) is 0 Å². The van der Waals surface area contributed by atoms with E-state index in [-0.39, 0.29) is 0 Å². The Morgan fingerprint density at radius 2 is 1.85 bits per heavy atom. The zero-order valence-electron chi connectivity index (χ0n) is 12.0. The fraction of sp³-hybridized carbons (Fsp3) is 0.250. The molecule has 1 N–H and O–H groups in total. The molecule has 0 atom stereocenters. The van der Waals surface area contributed by atoms with Crippen LogP contribution in [0.2, 0.25) is 0 Å². The molecule has 2 aromatic heterocycles. The van der Waals surface area contributed by atoms with E-state index in [0.29, 0.717) is 6.04 Å². The van der Waals surface area contributed by atoms with E-state index in [0.717, 1.165) is 17.1 Å². The summed E-state index contributed by atoms with van der Waals surface area (Å²) in [5.41, 5.74) is 3.22. The van der Waals surface area contributed by atoms with Gasteiger partial charge in [0.15, 0.2) is 0 Å². The van der Waals surface area contributed by atoms with Gasteiger partial charge >= 0.3 is 0 Å². The normalized spacial score (nSPS) is 11.2. The number of aryl methyl sites for hydroxylation is 1. The third-order valence-corrected chi connectivity index (χ3v) is 3.27. The molecule has 4 nitrogen and oxygen atoms in total.